The molecule has 0 aliphatic carbocycles. The number of hydrogen-bond donors (Lipinski definition) is 1. The van der Waals surface area contributed by atoms with E-state index in [1.165, 1.54) is 6.07 Å². The second-order valence-corrected chi connectivity index (χ2v) is 4.39. The maximum Gasteiger partial charge on any atom is 0.128 e. The Kier molecular flexibility index (Phi) is 4.15. The number of nitrogens with zero attached hydrogens (tertiary/aromatic N) is 1. The van der Waals surface area contributed by atoms with Crippen LogP contribution in [0, 0.1) is 24.1 Å². The first-order valence-electron chi connectivity index (χ1n) is 6.16. The predicted molar refractivity (Wildman–Crippen MR) is 74.4 cm³/mol. The van der Waals surface area contributed by atoms with Crippen molar-refractivity contribution in [2.24, 2.45) is 0 Å². The van der Waals surface area contributed by atoms with E-state index in [0.29, 0.717) is 12.1 Å². The molecule has 0 bridgehead atoms. The van der Waals surface area contributed by atoms with Crippen molar-refractivity contribution >= 4 is 5.69 Å². The van der Waals surface area contributed by atoms with Gasteiger partial charge in [-0.05, 0) is 24.6 Å². The van der Waals surface area contributed by atoms with Gasteiger partial charge in [-0.1, -0.05) is 36.4 Å². The lowest BCUT2D eigenvalue weighted by Crippen LogP contribution is -2.12. The molecule has 96 valence electrons. The SMILES string of the molecule is Cc1c(F)cccc1NCC(C#N)c1ccccc1. The third kappa shape index (κ3) is 3.11. The highest BCUT2D eigenvalue weighted by molar-refractivity contribution is 5.51. The first kappa shape index (κ1) is 13.1. The van der Waals surface area contributed by atoms with Gasteiger partial charge in [-0.25, -0.2) is 4.39 Å². The normalized spacial score (nSPS) is 11.6. The first-order chi connectivity index (χ1) is 9.22. The molecule has 0 aromatic heterocycles. The standard InChI is InChI=1S/C16H15FN2/c1-12-15(17)8-5-9-16(12)19-11-14(10-18)13-6-3-2-4-7-13/h2-9,14,19H,11H2,1H3. The van der Waals surface area contributed by atoms with Crippen LogP contribution in [0.2, 0.25) is 0 Å². The number of hydrogen-bond acceptors (Lipinski definition) is 2. The van der Waals surface area contributed by atoms with Gasteiger partial charge in [-0.3, -0.25) is 0 Å². The average molecular weight is 254 g/mol. The van der Waals surface area contributed by atoms with E-state index in [4.69, 9.17) is 0 Å². The molecular weight excluding hydrogens is 239 g/mol. The molecule has 19 heavy (non-hydrogen) atoms. The van der Waals surface area contributed by atoms with Crippen LogP contribution in [0.4, 0.5) is 10.1 Å². The van der Waals surface area contributed by atoms with Crippen molar-refractivity contribution in [2.75, 3.05) is 11.9 Å². The number of halogens is 1. The molecular formula is C16H15FN2. The van der Waals surface area contributed by atoms with Crippen molar-refractivity contribution in [3.8, 4) is 6.07 Å². The Labute approximate surface area is 112 Å². The van der Waals surface area contributed by atoms with Crippen LogP contribution in [0.5, 0.6) is 0 Å². The van der Waals surface area contributed by atoms with Gasteiger partial charge in [0.05, 0.1) is 12.0 Å². The van der Waals surface area contributed by atoms with Crippen molar-refractivity contribution in [3.05, 3.63) is 65.5 Å². The van der Waals surface area contributed by atoms with E-state index < -0.39 is 0 Å². The molecule has 1 N–H and O–H groups in total. The summed E-state index contributed by atoms with van der Waals surface area (Å²) in [5, 5.41) is 12.4. The topological polar surface area (TPSA) is 35.8 Å². The molecule has 1 atom stereocenters. The van der Waals surface area contributed by atoms with Crippen molar-refractivity contribution in [2.45, 2.75) is 12.8 Å². The molecule has 0 fully saturated rings. The summed E-state index contributed by atoms with van der Waals surface area (Å²) in [6.45, 7) is 2.19. The highest BCUT2D eigenvalue weighted by atomic mass is 19.1. The molecule has 0 aliphatic heterocycles. The summed E-state index contributed by atoms with van der Waals surface area (Å²) in [6, 6.07) is 16.8. The summed E-state index contributed by atoms with van der Waals surface area (Å²) in [5.74, 6) is -0.484. The lowest BCUT2D eigenvalue weighted by molar-refractivity contribution is 0.619. The largest absolute Gasteiger partial charge is 0.383 e. The fourth-order valence-electron chi connectivity index (χ4n) is 1.93. The summed E-state index contributed by atoms with van der Waals surface area (Å²) in [6.07, 6.45) is 0. The van der Waals surface area contributed by atoms with Gasteiger partial charge >= 0.3 is 0 Å². The third-order valence-electron chi connectivity index (χ3n) is 3.12. The van der Waals surface area contributed by atoms with Crippen LogP contribution in [0.25, 0.3) is 0 Å². The Balaban J connectivity index is 2.09. The molecule has 2 aromatic carbocycles. The lowest BCUT2D eigenvalue weighted by atomic mass is 10.0. The summed E-state index contributed by atoms with van der Waals surface area (Å²) in [7, 11) is 0. The van der Waals surface area contributed by atoms with Gasteiger partial charge in [0.1, 0.15) is 5.82 Å². The molecule has 0 amide bonds. The zero-order chi connectivity index (χ0) is 13.7. The molecule has 0 saturated carbocycles. The van der Waals surface area contributed by atoms with E-state index in [1.54, 1.807) is 13.0 Å². The highest BCUT2D eigenvalue weighted by Gasteiger charge is 2.11. The monoisotopic (exact) mass is 254 g/mol. The van der Waals surface area contributed by atoms with Crippen LogP contribution >= 0.6 is 0 Å². The summed E-state index contributed by atoms with van der Waals surface area (Å²) in [5.41, 5.74) is 2.27. The van der Waals surface area contributed by atoms with Crippen molar-refractivity contribution in [1.29, 1.82) is 5.26 Å². The van der Waals surface area contributed by atoms with Crippen LogP contribution in [0.1, 0.15) is 17.0 Å². The minimum absolute atomic E-state index is 0.238. The summed E-state index contributed by atoms with van der Waals surface area (Å²) < 4.78 is 13.4. The molecule has 2 aromatic rings. The average Bonchev–Trinajstić information content (AvgIpc) is 2.45. The van der Waals surface area contributed by atoms with Crippen LogP contribution < -0.4 is 5.32 Å². The predicted octanol–water partition coefficient (Wildman–Crippen LogP) is 3.85. The van der Waals surface area contributed by atoms with Gasteiger partial charge in [-0.15, -0.1) is 0 Å². The quantitative estimate of drug-likeness (QED) is 0.899. The minimum atomic E-state index is -0.246. The Bertz CT molecular complexity index is 587. The van der Waals surface area contributed by atoms with E-state index in [0.717, 1.165) is 11.3 Å². The zero-order valence-corrected chi connectivity index (χ0v) is 10.7. The summed E-state index contributed by atoms with van der Waals surface area (Å²) in [4.78, 5) is 0. The van der Waals surface area contributed by atoms with Crippen molar-refractivity contribution in [1.82, 2.24) is 0 Å². The number of nitriles is 1. The van der Waals surface area contributed by atoms with Gasteiger partial charge in [-0.2, -0.15) is 5.26 Å². The Hall–Kier alpha value is -2.34. The fourth-order valence-corrected chi connectivity index (χ4v) is 1.93. The second kappa shape index (κ2) is 6.01. The minimum Gasteiger partial charge on any atom is -0.383 e. The molecule has 0 saturated heterocycles. The smallest absolute Gasteiger partial charge is 0.128 e. The van der Waals surface area contributed by atoms with Crippen LogP contribution in [0.15, 0.2) is 48.5 Å². The Morgan fingerprint density at radius 3 is 2.58 bits per heavy atom. The molecule has 0 heterocycles. The third-order valence-corrected chi connectivity index (χ3v) is 3.12. The number of nitrogens with one attached hydrogen (secondary N) is 1. The molecule has 3 heteroatoms. The van der Waals surface area contributed by atoms with Crippen LogP contribution in [0.3, 0.4) is 0 Å². The van der Waals surface area contributed by atoms with Crippen molar-refractivity contribution in [3.63, 3.8) is 0 Å². The second-order valence-electron chi connectivity index (χ2n) is 4.39. The van der Waals surface area contributed by atoms with E-state index in [1.807, 2.05) is 36.4 Å². The molecule has 2 nitrogen and oxygen atoms in total. The van der Waals surface area contributed by atoms with Crippen LogP contribution in [-0.2, 0) is 0 Å². The van der Waals surface area contributed by atoms with Gasteiger partial charge < -0.3 is 5.32 Å². The molecule has 2 rings (SSSR count). The van der Waals surface area contributed by atoms with Crippen LogP contribution in [-0.4, -0.2) is 6.54 Å². The lowest BCUT2D eigenvalue weighted by Gasteiger charge is -2.14. The molecule has 0 aliphatic rings. The molecule has 0 radical (unpaired) electrons. The Morgan fingerprint density at radius 2 is 1.89 bits per heavy atom. The fraction of sp³-hybridized carbons (Fsp3) is 0.188. The van der Waals surface area contributed by atoms with E-state index in [2.05, 4.69) is 11.4 Å². The zero-order valence-electron chi connectivity index (χ0n) is 10.7. The van der Waals surface area contributed by atoms with Crippen molar-refractivity contribution < 1.29 is 4.39 Å². The van der Waals surface area contributed by atoms with Gasteiger partial charge in [0.15, 0.2) is 0 Å². The highest BCUT2D eigenvalue weighted by Crippen LogP contribution is 2.20. The van der Waals surface area contributed by atoms with E-state index in [9.17, 15) is 9.65 Å². The molecule has 0 spiro atoms. The number of benzene rings is 2. The maximum atomic E-state index is 13.4. The van der Waals surface area contributed by atoms with Gasteiger partial charge in [0, 0.05) is 17.8 Å². The van der Waals surface area contributed by atoms with E-state index in [-0.39, 0.29) is 11.7 Å². The Morgan fingerprint density at radius 1 is 1.16 bits per heavy atom. The number of rotatable bonds is 4. The molecule has 1 unspecified atom stereocenters. The van der Waals surface area contributed by atoms with Gasteiger partial charge in [0.2, 0.25) is 0 Å². The van der Waals surface area contributed by atoms with Gasteiger partial charge in [0.25, 0.3) is 0 Å². The maximum absolute atomic E-state index is 13.4. The number of anilines is 1. The first-order valence-corrected chi connectivity index (χ1v) is 6.16. The van der Waals surface area contributed by atoms with E-state index >= 15 is 0 Å². The summed E-state index contributed by atoms with van der Waals surface area (Å²) >= 11 is 0.